The molecule has 12 heteroatoms. The first kappa shape index (κ1) is 22.1. The number of anilines is 1. The molecule has 0 bridgehead atoms. The Morgan fingerprint density at radius 3 is 2.24 bits per heavy atom. The van der Waals surface area contributed by atoms with E-state index in [4.69, 9.17) is 5.26 Å². The van der Waals surface area contributed by atoms with Crippen LogP contribution in [0.3, 0.4) is 0 Å². The van der Waals surface area contributed by atoms with Crippen molar-refractivity contribution in [3.05, 3.63) is 64.7 Å². The summed E-state index contributed by atoms with van der Waals surface area (Å²) in [5.74, 6) is -5.32. The fourth-order valence-electron chi connectivity index (χ4n) is 2.20. The number of nitrogens with zero attached hydrogens (tertiary/aromatic N) is 1. The third kappa shape index (κ3) is 5.64. The molecule has 2 rings (SSSR count). The molecular weight excluding hydrogens is 421 g/mol. The van der Waals surface area contributed by atoms with Crippen LogP contribution in [-0.4, -0.2) is 20.1 Å². The molecule has 6 nitrogen and oxygen atoms in total. The highest BCUT2D eigenvalue weighted by Crippen LogP contribution is 2.35. The molecule has 1 amide bonds. The molecule has 0 heterocycles. The van der Waals surface area contributed by atoms with Crippen LogP contribution in [0.4, 0.5) is 27.6 Å². The monoisotopic (exact) mass is 433 g/mol. The van der Waals surface area contributed by atoms with Crippen molar-refractivity contribution < 1.29 is 35.2 Å². The molecule has 0 atom stereocenters. The van der Waals surface area contributed by atoms with Crippen molar-refractivity contribution in [2.24, 2.45) is 0 Å². The molecule has 0 radical (unpaired) electrons. The average Bonchev–Trinajstić information content (AvgIpc) is 2.65. The molecular formula is C17H12F5N3O3S. The second-order valence-corrected chi connectivity index (χ2v) is 7.68. The lowest BCUT2D eigenvalue weighted by Crippen LogP contribution is -2.30. The zero-order valence-corrected chi connectivity index (χ0v) is 15.1. The van der Waals surface area contributed by atoms with E-state index in [-0.39, 0.29) is 16.7 Å². The van der Waals surface area contributed by atoms with Crippen LogP contribution < -0.4 is 10.9 Å². The summed E-state index contributed by atoms with van der Waals surface area (Å²) in [5.41, 5.74) is 2.23. The van der Waals surface area contributed by atoms with E-state index in [9.17, 15) is 35.2 Å². The molecule has 0 saturated heterocycles. The van der Waals surface area contributed by atoms with E-state index < -0.39 is 44.7 Å². The number of hydrogen-bond acceptors (Lipinski definition) is 5. The maximum absolute atomic E-state index is 13.1. The molecule has 29 heavy (non-hydrogen) atoms. The van der Waals surface area contributed by atoms with Gasteiger partial charge in [0.15, 0.2) is 0 Å². The van der Waals surface area contributed by atoms with E-state index in [1.807, 2.05) is 5.43 Å². The third-order valence-electron chi connectivity index (χ3n) is 3.62. The van der Waals surface area contributed by atoms with Gasteiger partial charge in [-0.2, -0.15) is 27.2 Å². The maximum atomic E-state index is 13.1. The van der Waals surface area contributed by atoms with Crippen LogP contribution in [0.2, 0.25) is 0 Å². The van der Waals surface area contributed by atoms with Gasteiger partial charge >= 0.3 is 11.9 Å². The predicted octanol–water partition coefficient (Wildman–Crippen LogP) is 3.47. The van der Waals surface area contributed by atoms with Crippen molar-refractivity contribution in [3.63, 3.8) is 0 Å². The highest BCUT2D eigenvalue weighted by atomic mass is 32.2. The Kier molecular flexibility index (Phi) is 6.43. The van der Waals surface area contributed by atoms with Gasteiger partial charge in [0.1, 0.15) is 0 Å². The summed E-state index contributed by atoms with van der Waals surface area (Å²) >= 11 is 0. The second kappa shape index (κ2) is 8.44. The lowest BCUT2D eigenvalue weighted by Gasteiger charge is -2.15. The van der Waals surface area contributed by atoms with E-state index in [0.717, 1.165) is 36.4 Å². The summed E-state index contributed by atoms with van der Waals surface area (Å²) in [6, 6.07) is 8.84. The van der Waals surface area contributed by atoms with Gasteiger partial charge in [-0.05, 0) is 35.9 Å². The molecule has 0 aliphatic heterocycles. The average molecular weight is 433 g/mol. The van der Waals surface area contributed by atoms with Gasteiger partial charge in [-0.25, -0.2) is 8.42 Å². The zero-order valence-electron chi connectivity index (χ0n) is 14.3. The Morgan fingerprint density at radius 1 is 1.10 bits per heavy atom. The van der Waals surface area contributed by atoms with Gasteiger partial charge in [-0.15, -0.1) is 0 Å². The maximum Gasteiger partial charge on any atom is 0.418 e. The van der Waals surface area contributed by atoms with Crippen LogP contribution in [-0.2, 0) is 21.8 Å². The first-order valence-electron chi connectivity index (χ1n) is 7.70. The summed E-state index contributed by atoms with van der Waals surface area (Å²) in [6.07, 6.45) is -4.78. The molecule has 2 aromatic rings. The van der Waals surface area contributed by atoms with Crippen molar-refractivity contribution in [2.45, 2.75) is 17.7 Å². The largest absolute Gasteiger partial charge is 0.418 e. The van der Waals surface area contributed by atoms with Crippen LogP contribution in [0.5, 0.6) is 0 Å². The lowest BCUT2D eigenvalue weighted by molar-refractivity contribution is -0.137. The number of amides is 1. The zero-order chi connectivity index (χ0) is 21.8. The number of carbonyl (C=O) groups excluding carboxylic acids is 1. The van der Waals surface area contributed by atoms with Crippen molar-refractivity contribution in [2.75, 3.05) is 5.43 Å². The quantitative estimate of drug-likeness (QED) is 0.537. The number of hydrazine groups is 1. The topological polar surface area (TPSA) is 99.1 Å². The number of nitriles is 1. The molecule has 2 aromatic carbocycles. The minimum Gasteiger partial charge on any atom is -0.298 e. The van der Waals surface area contributed by atoms with Gasteiger partial charge in [0.2, 0.25) is 9.84 Å². The van der Waals surface area contributed by atoms with E-state index in [1.54, 1.807) is 6.07 Å². The van der Waals surface area contributed by atoms with Crippen LogP contribution >= 0.6 is 0 Å². The number of nitrogens with one attached hydrogen (secondary N) is 2. The summed E-state index contributed by atoms with van der Waals surface area (Å²) < 4.78 is 86.4. The molecule has 0 saturated carbocycles. The van der Waals surface area contributed by atoms with E-state index in [1.165, 1.54) is 0 Å². The van der Waals surface area contributed by atoms with Gasteiger partial charge in [0.25, 0.3) is 5.91 Å². The highest BCUT2D eigenvalue weighted by Gasteiger charge is 2.34. The van der Waals surface area contributed by atoms with Crippen LogP contribution in [0.15, 0.2) is 42.5 Å². The van der Waals surface area contributed by atoms with E-state index >= 15 is 0 Å². The van der Waals surface area contributed by atoms with Crippen LogP contribution in [0.1, 0.15) is 27.0 Å². The summed E-state index contributed by atoms with van der Waals surface area (Å²) in [6.45, 7) is 0. The SMILES string of the molecule is N#Cc1ccc(NNC(=O)c2ccc(CS(=O)(=O)C(F)F)cc2)c(C(F)(F)F)c1. The van der Waals surface area contributed by atoms with Crippen molar-refractivity contribution in [1.82, 2.24) is 5.43 Å². The normalized spacial score (nSPS) is 11.8. The first-order chi connectivity index (χ1) is 13.4. The number of alkyl halides is 5. The standard InChI is InChI=1S/C17H12F5N3O3S/c18-16(19)29(27,28)9-10-1-4-12(5-2-10)15(26)25-24-14-6-3-11(8-23)7-13(14)17(20,21)22/h1-7,16,24H,9H2,(H,25,26). The van der Waals surface area contributed by atoms with Gasteiger partial charge in [-0.1, -0.05) is 12.1 Å². The molecule has 0 aromatic heterocycles. The number of rotatable bonds is 6. The molecule has 0 aliphatic rings. The van der Waals surface area contributed by atoms with E-state index in [2.05, 4.69) is 5.43 Å². The summed E-state index contributed by atoms with van der Waals surface area (Å²) in [4.78, 5) is 12.1. The molecule has 0 aliphatic carbocycles. The summed E-state index contributed by atoms with van der Waals surface area (Å²) in [5, 5.41) is 8.72. The number of sulfone groups is 1. The van der Waals surface area contributed by atoms with Crippen LogP contribution in [0.25, 0.3) is 0 Å². The Bertz CT molecular complexity index is 1050. The van der Waals surface area contributed by atoms with Gasteiger partial charge < -0.3 is 0 Å². The lowest BCUT2D eigenvalue weighted by atomic mass is 10.1. The third-order valence-corrected chi connectivity index (χ3v) is 4.90. The Labute approximate surface area is 161 Å². The number of hydrogen-bond donors (Lipinski definition) is 2. The molecule has 154 valence electrons. The van der Waals surface area contributed by atoms with Crippen molar-refractivity contribution in [3.8, 4) is 6.07 Å². The van der Waals surface area contributed by atoms with Gasteiger partial charge in [0.05, 0.1) is 28.6 Å². The first-order valence-corrected chi connectivity index (χ1v) is 9.42. The van der Waals surface area contributed by atoms with Crippen molar-refractivity contribution in [1.29, 1.82) is 5.26 Å². The fraction of sp³-hybridized carbons (Fsp3) is 0.176. The molecule has 2 N–H and O–H groups in total. The Balaban J connectivity index is 2.11. The number of benzene rings is 2. The minimum atomic E-state index is -4.78. The van der Waals surface area contributed by atoms with Gasteiger partial charge in [-0.3, -0.25) is 15.6 Å². The number of halogens is 5. The van der Waals surface area contributed by atoms with Crippen molar-refractivity contribution >= 4 is 21.4 Å². The Morgan fingerprint density at radius 2 is 1.72 bits per heavy atom. The van der Waals surface area contributed by atoms with Gasteiger partial charge in [0, 0.05) is 5.56 Å². The molecule has 0 unspecified atom stereocenters. The number of carbonyl (C=O) groups is 1. The second-order valence-electron chi connectivity index (χ2n) is 5.71. The Hall–Kier alpha value is -3.20. The highest BCUT2D eigenvalue weighted by molar-refractivity contribution is 7.90. The smallest absolute Gasteiger partial charge is 0.298 e. The predicted molar refractivity (Wildman–Crippen MR) is 92.3 cm³/mol. The fourth-order valence-corrected chi connectivity index (χ4v) is 2.98. The molecule has 0 fully saturated rings. The minimum absolute atomic E-state index is 0.0151. The molecule has 0 spiro atoms. The summed E-state index contributed by atoms with van der Waals surface area (Å²) in [7, 11) is -4.63. The van der Waals surface area contributed by atoms with E-state index in [0.29, 0.717) is 6.07 Å². The van der Waals surface area contributed by atoms with Crippen LogP contribution in [0, 0.1) is 11.3 Å².